The standard InChI is InChI=1S/C26H41BrO4/c1-8-19-15-22(25(28)30-20(9-2)13-11-17(4)5)23(16-24(19)27)26(29)31-21(10-3)14-12-18(6)7/h15-18,20-21H,8-14H2,1-7H3. The third-order valence-corrected chi connectivity index (χ3v) is 6.34. The van der Waals surface area contributed by atoms with Crippen LogP contribution >= 0.6 is 15.9 Å². The first-order chi connectivity index (χ1) is 14.6. The Bertz CT molecular complexity index is 712. The highest BCUT2D eigenvalue weighted by Crippen LogP contribution is 2.26. The molecule has 2 atom stereocenters. The number of rotatable bonds is 13. The first-order valence-electron chi connectivity index (χ1n) is 11.9. The van der Waals surface area contributed by atoms with Crippen LogP contribution in [0, 0.1) is 11.8 Å². The van der Waals surface area contributed by atoms with Crippen LogP contribution in [-0.2, 0) is 15.9 Å². The Hall–Kier alpha value is -1.36. The Labute approximate surface area is 197 Å². The molecule has 0 N–H and O–H groups in total. The number of aryl methyl sites for hydroxylation is 1. The average molecular weight is 498 g/mol. The van der Waals surface area contributed by atoms with Crippen molar-refractivity contribution in [1.29, 1.82) is 0 Å². The second-order valence-corrected chi connectivity index (χ2v) is 10.0. The molecule has 0 radical (unpaired) electrons. The van der Waals surface area contributed by atoms with Gasteiger partial charge >= 0.3 is 11.9 Å². The summed E-state index contributed by atoms with van der Waals surface area (Å²) in [6.45, 7) is 14.7. The van der Waals surface area contributed by atoms with Crippen molar-refractivity contribution in [2.24, 2.45) is 11.8 Å². The second kappa shape index (κ2) is 13.9. The van der Waals surface area contributed by atoms with Gasteiger partial charge in [0.2, 0.25) is 0 Å². The van der Waals surface area contributed by atoms with Crippen molar-refractivity contribution in [3.8, 4) is 0 Å². The maximum absolute atomic E-state index is 13.1. The molecule has 0 bridgehead atoms. The van der Waals surface area contributed by atoms with E-state index in [2.05, 4.69) is 43.6 Å². The molecule has 0 aliphatic rings. The number of ether oxygens (including phenoxy) is 2. The Morgan fingerprint density at radius 3 is 1.55 bits per heavy atom. The Kier molecular flexibility index (Phi) is 12.4. The molecule has 0 amide bonds. The molecule has 1 aromatic carbocycles. The highest BCUT2D eigenvalue weighted by molar-refractivity contribution is 9.10. The van der Waals surface area contributed by atoms with Crippen molar-refractivity contribution in [2.75, 3.05) is 0 Å². The first kappa shape index (κ1) is 27.7. The topological polar surface area (TPSA) is 52.6 Å². The molecule has 1 aromatic rings. The Morgan fingerprint density at radius 2 is 1.19 bits per heavy atom. The van der Waals surface area contributed by atoms with E-state index in [4.69, 9.17) is 9.47 Å². The van der Waals surface area contributed by atoms with Crippen molar-refractivity contribution in [1.82, 2.24) is 0 Å². The van der Waals surface area contributed by atoms with Crippen molar-refractivity contribution in [3.05, 3.63) is 33.3 Å². The fourth-order valence-electron chi connectivity index (χ4n) is 3.39. The molecule has 4 nitrogen and oxygen atoms in total. The van der Waals surface area contributed by atoms with Crippen LogP contribution in [0.1, 0.15) is 113 Å². The lowest BCUT2D eigenvalue weighted by Gasteiger charge is -2.21. The zero-order valence-corrected chi connectivity index (χ0v) is 22.0. The number of carbonyl (C=O) groups excluding carboxylic acids is 2. The summed E-state index contributed by atoms with van der Waals surface area (Å²) >= 11 is 3.54. The average Bonchev–Trinajstić information content (AvgIpc) is 2.73. The number of carbonyl (C=O) groups is 2. The van der Waals surface area contributed by atoms with Crippen LogP contribution in [0.25, 0.3) is 0 Å². The van der Waals surface area contributed by atoms with Gasteiger partial charge in [0.25, 0.3) is 0 Å². The van der Waals surface area contributed by atoms with Crippen LogP contribution in [-0.4, -0.2) is 24.1 Å². The van der Waals surface area contributed by atoms with Gasteiger partial charge in [-0.25, -0.2) is 9.59 Å². The van der Waals surface area contributed by atoms with Crippen LogP contribution < -0.4 is 0 Å². The molecular weight excluding hydrogens is 456 g/mol. The summed E-state index contributed by atoms with van der Waals surface area (Å²) in [5.74, 6) is 0.198. The first-order valence-corrected chi connectivity index (χ1v) is 12.7. The predicted octanol–water partition coefficient (Wildman–Crippen LogP) is 7.75. The molecule has 2 unspecified atom stereocenters. The molecule has 0 aliphatic heterocycles. The summed E-state index contributed by atoms with van der Waals surface area (Å²) in [5, 5.41) is 0. The normalized spacial score (nSPS) is 13.4. The van der Waals surface area contributed by atoms with E-state index < -0.39 is 11.9 Å². The van der Waals surface area contributed by atoms with Gasteiger partial charge in [-0.3, -0.25) is 0 Å². The lowest BCUT2D eigenvalue weighted by molar-refractivity contribution is 0.0213. The molecule has 1 rings (SSSR count). The number of benzene rings is 1. The van der Waals surface area contributed by atoms with Gasteiger partial charge in [0, 0.05) is 4.47 Å². The van der Waals surface area contributed by atoms with E-state index in [0.717, 1.165) is 55.0 Å². The molecule has 0 aromatic heterocycles. The summed E-state index contributed by atoms with van der Waals surface area (Å²) in [5.41, 5.74) is 1.54. The minimum absolute atomic E-state index is 0.151. The number of hydrogen-bond donors (Lipinski definition) is 0. The van der Waals surface area contributed by atoms with Crippen LogP contribution in [0.15, 0.2) is 16.6 Å². The van der Waals surface area contributed by atoms with E-state index >= 15 is 0 Å². The summed E-state index contributed by atoms with van der Waals surface area (Å²) in [6.07, 6.45) is 5.57. The zero-order valence-electron chi connectivity index (χ0n) is 20.4. The number of esters is 2. The lowest BCUT2D eigenvalue weighted by atomic mass is 10.0. The quantitative estimate of drug-likeness (QED) is 0.262. The van der Waals surface area contributed by atoms with Crippen molar-refractivity contribution in [2.45, 2.75) is 106 Å². The van der Waals surface area contributed by atoms with Gasteiger partial charge in [0.1, 0.15) is 12.2 Å². The molecule has 0 spiro atoms. The molecule has 176 valence electrons. The third-order valence-electron chi connectivity index (χ3n) is 5.60. The van der Waals surface area contributed by atoms with Gasteiger partial charge in [-0.05, 0) is 74.5 Å². The highest BCUT2D eigenvalue weighted by Gasteiger charge is 2.25. The van der Waals surface area contributed by atoms with Gasteiger partial charge in [0.15, 0.2) is 0 Å². The molecule has 5 heteroatoms. The van der Waals surface area contributed by atoms with Gasteiger partial charge in [0.05, 0.1) is 11.1 Å². The largest absolute Gasteiger partial charge is 0.459 e. The molecule has 31 heavy (non-hydrogen) atoms. The van der Waals surface area contributed by atoms with Gasteiger partial charge in [-0.1, -0.05) is 64.4 Å². The summed E-state index contributed by atoms with van der Waals surface area (Å²) in [6, 6.07) is 3.48. The molecule has 0 saturated carbocycles. The van der Waals surface area contributed by atoms with E-state index in [0.29, 0.717) is 17.4 Å². The molecule has 0 aliphatic carbocycles. The summed E-state index contributed by atoms with van der Waals surface area (Å²) in [7, 11) is 0. The van der Waals surface area contributed by atoms with Crippen molar-refractivity contribution >= 4 is 27.9 Å². The van der Waals surface area contributed by atoms with E-state index in [9.17, 15) is 9.59 Å². The van der Waals surface area contributed by atoms with Crippen LogP contribution in [0.3, 0.4) is 0 Å². The van der Waals surface area contributed by atoms with Gasteiger partial charge < -0.3 is 9.47 Å². The fourth-order valence-corrected chi connectivity index (χ4v) is 4.01. The maximum Gasteiger partial charge on any atom is 0.339 e. The monoisotopic (exact) mass is 496 g/mol. The van der Waals surface area contributed by atoms with Gasteiger partial charge in [-0.2, -0.15) is 0 Å². The smallest absolute Gasteiger partial charge is 0.339 e. The SMILES string of the molecule is CCc1cc(C(=O)OC(CC)CCC(C)C)c(C(=O)OC(CC)CCC(C)C)cc1Br. The van der Waals surface area contributed by atoms with E-state index in [1.165, 1.54) is 0 Å². The maximum atomic E-state index is 13.1. The van der Waals surface area contributed by atoms with Gasteiger partial charge in [-0.15, -0.1) is 0 Å². The Morgan fingerprint density at radius 1 is 0.774 bits per heavy atom. The molecular formula is C26H41BrO4. The summed E-state index contributed by atoms with van der Waals surface area (Å²) in [4.78, 5) is 26.1. The fraction of sp³-hybridized carbons (Fsp3) is 0.692. The lowest BCUT2D eigenvalue weighted by Crippen LogP contribution is -2.23. The molecule has 0 saturated heterocycles. The van der Waals surface area contributed by atoms with E-state index in [1.54, 1.807) is 12.1 Å². The molecule has 0 heterocycles. The minimum Gasteiger partial charge on any atom is -0.459 e. The second-order valence-electron chi connectivity index (χ2n) is 9.16. The summed E-state index contributed by atoms with van der Waals surface area (Å²) < 4.78 is 12.4. The molecule has 0 fully saturated rings. The predicted molar refractivity (Wildman–Crippen MR) is 131 cm³/mol. The van der Waals surface area contributed by atoms with Crippen LogP contribution in [0.2, 0.25) is 0 Å². The van der Waals surface area contributed by atoms with Crippen molar-refractivity contribution < 1.29 is 19.1 Å². The van der Waals surface area contributed by atoms with Crippen molar-refractivity contribution in [3.63, 3.8) is 0 Å². The van der Waals surface area contributed by atoms with Crippen LogP contribution in [0.5, 0.6) is 0 Å². The zero-order chi connectivity index (χ0) is 23.6. The highest BCUT2D eigenvalue weighted by atomic mass is 79.9. The minimum atomic E-state index is -0.457. The third kappa shape index (κ3) is 9.34. The van der Waals surface area contributed by atoms with E-state index in [1.807, 2.05) is 20.8 Å². The number of halogens is 1. The Balaban J connectivity index is 3.12. The number of hydrogen-bond acceptors (Lipinski definition) is 4. The van der Waals surface area contributed by atoms with Crippen LogP contribution in [0.4, 0.5) is 0 Å². The van der Waals surface area contributed by atoms with E-state index in [-0.39, 0.29) is 17.8 Å².